The van der Waals surface area contributed by atoms with Gasteiger partial charge in [-0.1, -0.05) is 35.4 Å². The standard InChI is InChI=1S/C16H19NO2S/c1-4-17(15-9-5-13(2)6-10-15)20(18,19)16-11-7-14(3)8-12-16/h5-12H,4H2,1-3H3. The molecule has 3 nitrogen and oxygen atoms in total. The molecule has 0 unspecified atom stereocenters. The van der Waals surface area contributed by atoms with Crippen molar-refractivity contribution in [2.75, 3.05) is 10.8 Å². The Kier molecular flexibility index (Phi) is 4.14. The van der Waals surface area contributed by atoms with Crippen molar-refractivity contribution in [1.29, 1.82) is 0 Å². The molecule has 4 heteroatoms. The lowest BCUT2D eigenvalue weighted by molar-refractivity contribution is 0.592. The summed E-state index contributed by atoms with van der Waals surface area (Å²) >= 11 is 0. The number of hydrogen-bond donors (Lipinski definition) is 0. The molecule has 2 aromatic carbocycles. The van der Waals surface area contributed by atoms with Crippen molar-refractivity contribution in [3.05, 3.63) is 59.7 Å². The van der Waals surface area contributed by atoms with Crippen LogP contribution in [0.3, 0.4) is 0 Å². The highest BCUT2D eigenvalue weighted by molar-refractivity contribution is 7.92. The Morgan fingerprint density at radius 3 is 1.75 bits per heavy atom. The minimum atomic E-state index is -3.50. The van der Waals surface area contributed by atoms with Gasteiger partial charge in [0, 0.05) is 6.54 Å². The van der Waals surface area contributed by atoms with Gasteiger partial charge in [0.2, 0.25) is 0 Å². The Morgan fingerprint density at radius 2 is 1.30 bits per heavy atom. The summed E-state index contributed by atoms with van der Waals surface area (Å²) in [7, 11) is -3.50. The molecule has 0 amide bonds. The van der Waals surface area contributed by atoms with Crippen LogP contribution in [-0.4, -0.2) is 15.0 Å². The summed E-state index contributed by atoms with van der Waals surface area (Å²) in [6.07, 6.45) is 0. The maximum absolute atomic E-state index is 12.7. The van der Waals surface area contributed by atoms with E-state index in [1.165, 1.54) is 4.31 Å². The summed E-state index contributed by atoms with van der Waals surface area (Å²) in [4.78, 5) is 0.325. The van der Waals surface area contributed by atoms with Crippen LogP contribution in [-0.2, 0) is 10.0 Å². The highest BCUT2D eigenvalue weighted by Gasteiger charge is 2.23. The first kappa shape index (κ1) is 14.6. The fourth-order valence-electron chi connectivity index (χ4n) is 2.04. The second-order valence-corrected chi connectivity index (χ2v) is 6.68. The molecule has 0 aliphatic heterocycles. The Balaban J connectivity index is 2.44. The Labute approximate surface area is 120 Å². The van der Waals surface area contributed by atoms with Gasteiger partial charge in [-0.2, -0.15) is 0 Å². The van der Waals surface area contributed by atoms with Crippen LogP contribution in [0.25, 0.3) is 0 Å². The van der Waals surface area contributed by atoms with E-state index in [-0.39, 0.29) is 0 Å². The van der Waals surface area contributed by atoms with E-state index < -0.39 is 10.0 Å². The van der Waals surface area contributed by atoms with Crippen molar-refractivity contribution in [2.24, 2.45) is 0 Å². The first-order valence-electron chi connectivity index (χ1n) is 6.61. The minimum Gasteiger partial charge on any atom is -0.267 e. The van der Waals surface area contributed by atoms with Crippen LogP contribution in [0.15, 0.2) is 53.4 Å². The van der Waals surface area contributed by atoms with E-state index in [4.69, 9.17) is 0 Å². The van der Waals surface area contributed by atoms with Gasteiger partial charge in [0.1, 0.15) is 0 Å². The highest BCUT2D eigenvalue weighted by Crippen LogP contribution is 2.23. The molecule has 0 aromatic heterocycles. The van der Waals surface area contributed by atoms with Crippen LogP contribution >= 0.6 is 0 Å². The lowest BCUT2D eigenvalue weighted by Gasteiger charge is -2.23. The van der Waals surface area contributed by atoms with E-state index >= 15 is 0 Å². The first-order chi connectivity index (χ1) is 9.45. The summed E-state index contributed by atoms with van der Waals surface area (Å²) in [6.45, 7) is 6.16. The van der Waals surface area contributed by atoms with E-state index in [0.29, 0.717) is 17.1 Å². The Hall–Kier alpha value is -1.81. The number of rotatable bonds is 4. The lowest BCUT2D eigenvalue weighted by Crippen LogP contribution is -2.30. The number of sulfonamides is 1. The summed E-state index contributed by atoms with van der Waals surface area (Å²) in [5, 5.41) is 0. The van der Waals surface area contributed by atoms with Crippen molar-refractivity contribution in [3.8, 4) is 0 Å². The van der Waals surface area contributed by atoms with Gasteiger partial charge in [-0.3, -0.25) is 4.31 Å². The van der Waals surface area contributed by atoms with Gasteiger partial charge >= 0.3 is 0 Å². The van der Waals surface area contributed by atoms with E-state index in [2.05, 4.69) is 0 Å². The molecule has 2 aromatic rings. The molecule has 0 bridgehead atoms. The van der Waals surface area contributed by atoms with Gasteiger partial charge in [0.25, 0.3) is 10.0 Å². The Morgan fingerprint density at radius 1 is 0.850 bits per heavy atom. The Bertz CT molecular complexity index is 673. The topological polar surface area (TPSA) is 37.4 Å². The van der Waals surface area contributed by atoms with Crippen LogP contribution in [0.4, 0.5) is 5.69 Å². The van der Waals surface area contributed by atoms with Gasteiger partial charge in [-0.25, -0.2) is 8.42 Å². The quantitative estimate of drug-likeness (QED) is 0.863. The molecule has 0 saturated carbocycles. The molecule has 0 radical (unpaired) electrons. The molecule has 0 saturated heterocycles. The van der Waals surface area contributed by atoms with Crippen LogP contribution in [0.1, 0.15) is 18.1 Å². The van der Waals surface area contributed by atoms with Crippen molar-refractivity contribution in [2.45, 2.75) is 25.7 Å². The summed E-state index contributed by atoms with van der Waals surface area (Å²) in [5.41, 5.74) is 2.85. The highest BCUT2D eigenvalue weighted by atomic mass is 32.2. The summed E-state index contributed by atoms with van der Waals surface area (Å²) in [5.74, 6) is 0. The number of anilines is 1. The summed E-state index contributed by atoms with van der Waals surface area (Å²) < 4.78 is 26.8. The van der Waals surface area contributed by atoms with Gasteiger partial charge in [-0.15, -0.1) is 0 Å². The number of hydrogen-bond acceptors (Lipinski definition) is 2. The monoisotopic (exact) mass is 289 g/mol. The van der Waals surface area contributed by atoms with Crippen LogP contribution in [0, 0.1) is 13.8 Å². The van der Waals surface area contributed by atoms with E-state index in [1.54, 1.807) is 12.1 Å². The zero-order valence-electron chi connectivity index (χ0n) is 12.0. The third kappa shape index (κ3) is 2.85. The predicted molar refractivity (Wildman–Crippen MR) is 82.6 cm³/mol. The van der Waals surface area contributed by atoms with Gasteiger partial charge < -0.3 is 0 Å². The predicted octanol–water partition coefficient (Wildman–Crippen LogP) is 3.52. The second-order valence-electron chi connectivity index (χ2n) is 4.82. The molecule has 0 fully saturated rings. The number of benzene rings is 2. The smallest absolute Gasteiger partial charge is 0.264 e. The zero-order valence-corrected chi connectivity index (χ0v) is 12.8. The maximum atomic E-state index is 12.7. The first-order valence-corrected chi connectivity index (χ1v) is 8.05. The van der Waals surface area contributed by atoms with E-state index in [1.807, 2.05) is 57.2 Å². The SMILES string of the molecule is CCN(c1ccc(C)cc1)S(=O)(=O)c1ccc(C)cc1. The third-order valence-corrected chi connectivity index (χ3v) is 5.14. The number of nitrogens with zero attached hydrogens (tertiary/aromatic N) is 1. The minimum absolute atomic E-state index is 0.325. The largest absolute Gasteiger partial charge is 0.267 e. The van der Waals surface area contributed by atoms with Crippen LogP contribution in [0.5, 0.6) is 0 Å². The fraction of sp³-hybridized carbons (Fsp3) is 0.250. The van der Waals surface area contributed by atoms with Crippen molar-refractivity contribution in [1.82, 2.24) is 0 Å². The van der Waals surface area contributed by atoms with Crippen LogP contribution < -0.4 is 4.31 Å². The van der Waals surface area contributed by atoms with Crippen LogP contribution in [0.2, 0.25) is 0 Å². The van der Waals surface area contributed by atoms with Gasteiger partial charge in [-0.05, 0) is 45.0 Å². The molecule has 0 aliphatic carbocycles. The molecule has 0 N–H and O–H groups in total. The molecule has 0 atom stereocenters. The molecule has 0 spiro atoms. The average Bonchev–Trinajstić information content (AvgIpc) is 2.42. The van der Waals surface area contributed by atoms with Gasteiger partial charge in [0.15, 0.2) is 0 Å². The normalized spacial score (nSPS) is 11.3. The second kappa shape index (κ2) is 5.67. The third-order valence-electron chi connectivity index (χ3n) is 3.22. The summed E-state index contributed by atoms with van der Waals surface area (Å²) in [6, 6.07) is 14.5. The molecular weight excluding hydrogens is 270 g/mol. The zero-order chi connectivity index (χ0) is 14.8. The van der Waals surface area contributed by atoms with E-state index in [0.717, 1.165) is 11.1 Å². The van der Waals surface area contributed by atoms with Crippen molar-refractivity contribution in [3.63, 3.8) is 0 Å². The molecular formula is C16H19NO2S. The van der Waals surface area contributed by atoms with E-state index in [9.17, 15) is 8.42 Å². The van der Waals surface area contributed by atoms with Crippen molar-refractivity contribution < 1.29 is 8.42 Å². The van der Waals surface area contributed by atoms with Gasteiger partial charge in [0.05, 0.1) is 10.6 Å². The van der Waals surface area contributed by atoms with Crippen molar-refractivity contribution >= 4 is 15.7 Å². The molecule has 2 rings (SSSR count). The molecule has 0 heterocycles. The molecule has 0 aliphatic rings. The number of aryl methyl sites for hydroxylation is 2. The molecule has 106 valence electrons. The fourth-order valence-corrected chi connectivity index (χ4v) is 3.51. The average molecular weight is 289 g/mol. The molecule has 20 heavy (non-hydrogen) atoms. The maximum Gasteiger partial charge on any atom is 0.264 e. The lowest BCUT2D eigenvalue weighted by atomic mass is 10.2.